The van der Waals surface area contributed by atoms with Crippen LogP contribution in [0.2, 0.25) is 0 Å². The van der Waals surface area contributed by atoms with Gasteiger partial charge in [-0.2, -0.15) is 11.8 Å². The van der Waals surface area contributed by atoms with E-state index in [1.165, 1.54) is 64.2 Å². The van der Waals surface area contributed by atoms with E-state index in [9.17, 15) is 23.8 Å². The van der Waals surface area contributed by atoms with Crippen molar-refractivity contribution >= 4 is 25.3 Å². The summed E-state index contributed by atoms with van der Waals surface area (Å²) in [7, 11) is 1.07. The van der Waals surface area contributed by atoms with Crippen molar-refractivity contribution in [3.05, 3.63) is 0 Å². The number of nitrogens with zero attached hydrogens (tertiary/aromatic N) is 1. The van der Waals surface area contributed by atoms with E-state index in [-0.39, 0.29) is 13.0 Å². The molecule has 0 fully saturated rings. The fourth-order valence-corrected chi connectivity index (χ4v) is 6.11. The number of nitrogens with two attached hydrogens (primary N) is 2. The molecule has 0 aromatic heterocycles. The zero-order valence-electron chi connectivity index (χ0n) is 25.5. The Morgan fingerprint density at radius 1 is 0.750 bits per heavy atom. The molecule has 0 aliphatic heterocycles. The molecule has 0 aliphatic carbocycles. The molecule has 0 aliphatic rings. The van der Waals surface area contributed by atoms with Crippen molar-refractivity contribution in [2.75, 3.05) is 40.5 Å². The van der Waals surface area contributed by atoms with E-state index < -0.39 is 43.3 Å². The maximum atomic E-state index is 12.8. The van der Waals surface area contributed by atoms with Crippen molar-refractivity contribution in [2.45, 2.75) is 116 Å². The van der Waals surface area contributed by atoms with Gasteiger partial charge < -0.3 is 23.6 Å². The second-order valence-electron chi connectivity index (χ2n) is 12.0. The van der Waals surface area contributed by atoms with Crippen molar-refractivity contribution in [1.29, 1.82) is 0 Å². The summed E-state index contributed by atoms with van der Waals surface area (Å²) in [6, 6.07) is 0. The summed E-state index contributed by atoms with van der Waals surface area (Å²) < 4.78 is 18.3. The smallest absolute Gasteiger partial charge is 0.343 e. The van der Waals surface area contributed by atoms with E-state index in [1.54, 1.807) is 0 Å². The lowest BCUT2D eigenvalue weighted by Crippen LogP contribution is -2.48. The van der Waals surface area contributed by atoms with Crippen LogP contribution in [-0.2, 0) is 33.1 Å². The molecule has 236 valence electrons. The van der Waals surface area contributed by atoms with Crippen molar-refractivity contribution in [1.82, 2.24) is 0 Å². The molecule has 11 nitrogen and oxygen atoms in total. The standard InChI is InChI=1S/C28H56N3O8P/c1-5-6-7-8-9-10-11-12-13-14-15-16-17-18-19-20-25(32)23-28(26(33)38-29,27(34)39-30)24-40(35,36)37-22-21-31(2,3)4/h5-24,29-30H2,1-4H3/p+1. The van der Waals surface area contributed by atoms with Crippen LogP contribution in [0.5, 0.6) is 0 Å². The number of rotatable bonds is 26. The summed E-state index contributed by atoms with van der Waals surface area (Å²) in [5.74, 6) is 6.81. The molecule has 0 amide bonds. The lowest BCUT2D eigenvalue weighted by atomic mass is 9.83. The third-order valence-electron chi connectivity index (χ3n) is 7.08. The SMILES string of the molecule is CCCCCCCCCCCCCCCCCC(=O)CC(CP(=O)(O)OCC[N+](C)(C)C)(C(=O)ON)C(=O)ON. The monoisotopic (exact) mass is 594 g/mol. The number of hydrogen-bond donors (Lipinski definition) is 3. The number of ketones is 1. The summed E-state index contributed by atoms with van der Waals surface area (Å²) in [6.45, 7) is 2.51. The Balaban J connectivity index is 4.56. The molecule has 0 radical (unpaired) electrons. The average Bonchev–Trinajstić information content (AvgIpc) is 2.88. The summed E-state index contributed by atoms with van der Waals surface area (Å²) in [6.07, 6.45) is 16.1. The minimum absolute atomic E-state index is 0.0911. The number of carbonyl (C=O) groups excluding carboxylic acids is 3. The van der Waals surface area contributed by atoms with Crippen LogP contribution in [0.3, 0.4) is 0 Å². The average molecular weight is 595 g/mol. The molecule has 0 spiro atoms. The number of Topliss-reactive ketones (excluding diaryl/α,β-unsaturated/α-hetero) is 1. The van der Waals surface area contributed by atoms with E-state index in [1.807, 2.05) is 21.1 Å². The summed E-state index contributed by atoms with van der Waals surface area (Å²) in [5, 5.41) is 0. The molecule has 0 aromatic carbocycles. The molecule has 5 N–H and O–H groups in total. The second kappa shape index (κ2) is 21.4. The maximum Gasteiger partial charge on any atom is 0.343 e. The van der Waals surface area contributed by atoms with E-state index >= 15 is 0 Å². The first-order chi connectivity index (χ1) is 18.8. The third-order valence-corrected chi connectivity index (χ3v) is 8.60. The summed E-state index contributed by atoms with van der Waals surface area (Å²) in [5.41, 5.74) is -2.48. The Morgan fingerprint density at radius 3 is 1.52 bits per heavy atom. The Hall–Kier alpha value is -1.36. The molecule has 0 aromatic rings. The van der Waals surface area contributed by atoms with Crippen LogP contribution in [0.4, 0.5) is 0 Å². The van der Waals surface area contributed by atoms with Gasteiger partial charge in [0.05, 0.1) is 27.3 Å². The number of likely N-dealkylation sites (N-methyl/N-ethyl adjacent to an activating group) is 1. The zero-order chi connectivity index (χ0) is 30.5. The van der Waals surface area contributed by atoms with Gasteiger partial charge in [-0.1, -0.05) is 96.8 Å². The Labute approximate surface area is 241 Å². The van der Waals surface area contributed by atoms with Gasteiger partial charge in [-0.25, -0.2) is 9.59 Å². The summed E-state index contributed by atoms with van der Waals surface area (Å²) in [4.78, 5) is 56.7. The third kappa shape index (κ3) is 18.1. The first kappa shape index (κ1) is 38.6. The first-order valence-electron chi connectivity index (χ1n) is 14.9. The molecule has 0 heterocycles. The predicted molar refractivity (Wildman–Crippen MR) is 156 cm³/mol. The van der Waals surface area contributed by atoms with Crippen LogP contribution in [-0.4, -0.2) is 67.6 Å². The molecule has 0 saturated carbocycles. The van der Waals surface area contributed by atoms with E-state index in [4.69, 9.17) is 16.3 Å². The van der Waals surface area contributed by atoms with Crippen LogP contribution < -0.4 is 11.8 Å². The molecule has 12 heteroatoms. The van der Waals surface area contributed by atoms with Gasteiger partial charge in [-0.15, -0.1) is 0 Å². The van der Waals surface area contributed by atoms with Gasteiger partial charge in [0.1, 0.15) is 18.9 Å². The zero-order valence-corrected chi connectivity index (χ0v) is 26.4. The van der Waals surface area contributed by atoms with E-state index in [0.717, 1.165) is 25.7 Å². The van der Waals surface area contributed by atoms with Crippen LogP contribution >= 0.6 is 7.60 Å². The molecule has 0 rings (SSSR count). The topological polar surface area (TPSA) is 168 Å². The minimum Gasteiger partial charge on any atom is -0.372 e. The van der Waals surface area contributed by atoms with Crippen LogP contribution in [0, 0.1) is 5.41 Å². The fourth-order valence-electron chi connectivity index (χ4n) is 4.60. The Morgan fingerprint density at radius 2 is 1.15 bits per heavy atom. The highest BCUT2D eigenvalue weighted by Gasteiger charge is 2.55. The molecule has 1 unspecified atom stereocenters. The Bertz CT molecular complexity index is 757. The normalized spacial score (nSPS) is 13.6. The van der Waals surface area contributed by atoms with Crippen LogP contribution in [0.25, 0.3) is 0 Å². The van der Waals surface area contributed by atoms with E-state index in [2.05, 4.69) is 16.6 Å². The molecular formula is C28H57N3O8P+. The van der Waals surface area contributed by atoms with Gasteiger partial charge in [-0.05, 0) is 6.42 Å². The van der Waals surface area contributed by atoms with Gasteiger partial charge in [0.15, 0.2) is 5.41 Å². The number of unbranched alkanes of at least 4 members (excludes halogenated alkanes) is 14. The van der Waals surface area contributed by atoms with Gasteiger partial charge in [-0.3, -0.25) is 9.36 Å². The number of carbonyl (C=O) groups is 3. The quantitative estimate of drug-likeness (QED) is 0.0410. The number of hydrogen-bond acceptors (Lipinski definition) is 9. The van der Waals surface area contributed by atoms with Gasteiger partial charge in [0.25, 0.3) is 0 Å². The van der Waals surface area contributed by atoms with Gasteiger partial charge >= 0.3 is 19.5 Å². The fraction of sp³-hybridized carbons (Fsp3) is 0.893. The lowest BCUT2D eigenvalue weighted by molar-refractivity contribution is -0.870. The molecule has 40 heavy (non-hydrogen) atoms. The Kier molecular flexibility index (Phi) is 20.6. The molecule has 1 atom stereocenters. The number of quaternary nitrogens is 1. The van der Waals surface area contributed by atoms with Crippen molar-refractivity contribution in [3.8, 4) is 0 Å². The van der Waals surface area contributed by atoms with Crippen LogP contribution in [0.15, 0.2) is 0 Å². The van der Waals surface area contributed by atoms with Crippen molar-refractivity contribution in [3.63, 3.8) is 0 Å². The molecule has 0 saturated heterocycles. The maximum absolute atomic E-state index is 12.8. The van der Waals surface area contributed by atoms with E-state index in [0.29, 0.717) is 17.4 Å². The minimum atomic E-state index is -4.53. The highest BCUT2D eigenvalue weighted by atomic mass is 31.2. The van der Waals surface area contributed by atoms with Gasteiger partial charge in [0.2, 0.25) is 0 Å². The van der Waals surface area contributed by atoms with Crippen LogP contribution in [0.1, 0.15) is 116 Å². The lowest BCUT2D eigenvalue weighted by Gasteiger charge is -2.29. The molecular weight excluding hydrogens is 537 g/mol. The second-order valence-corrected chi connectivity index (χ2v) is 13.8. The highest BCUT2D eigenvalue weighted by Crippen LogP contribution is 2.49. The first-order valence-corrected chi connectivity index (χ1v) is 16.7. The van der Waals surface area contributed by atoms with Crippen molar-refractivity contribution < 1.29 is 42.5 Å². The largest absolute Gasteiger partial charge is 0.372 e. The summed E-state index contributed by atoms with van der Waals surface area (Å²) >= 11 is 0. The molecule has 0 bridgehead atoms. The predicted octanol–water partition coefficient (Wildman–Crippen LogP) is 4.94. The van der Waals surface area contributed by atoms with Gasteiger partial charge in [0, 0.05) is 12.8 Å². The van der Waals surface area contributed by atoms with Crippen molar-refractivity contribution in [2.24, 2.45) is 17.2 Å². The highest BCUT2D eigenvalue weighted by molar-refractivity contribution is 7.53.